The number of nitrogens with zero attached hydrogens (tertiary/aromatic N) is 3. The number of hydrogen-bond acceptors (Lipinski definition) is 2. The van der Waals surface area contributed by atoms with Crippen molar-refractivity contribution in [1.29, 1.82) is 0 Å². The van der Waals surface area contributed by atoms with Crippen LogP contribution >= 0.6 is 0 Å². The molecular formula is C13H13N3. The van der Waals surface area contributed by atoms with Crippen LogP contribution in [0.5, 0.6) is 0 Å². The van der Waals surface area contributed by atoms with E-state index in [-0.39, 0.29) is 0 Å². The SMILES string of the molecule is CC(C)n1c2ccncc2c2ncccc21. The molecule has 3 aromatic heterocycles. The van der Waals surface area contributed by atoms with Crippen molar-refractivity contribution in [2.24, 2.45) is 0 Å². The van der Waals surface area contributed by atoms with Gasteiger partial charge < -0.3 is 4.57 Å². The van der Waals surface area contributed by atoms with E-state index in [0.29, 0.717) is 6.04 Å². The second-order valence-corrected chi connectivity index (χ2v) is 4.23. The summed E-state index contributed by atoms with van der Waals surface area (Å²) in [6.07, 6.45) is 5.56. The lowest BCUT2D eigenvalue weighted by Gasteiger charge is -2.10. The normalized spacial score (nSPS) is 11.7. The fourth-order valence-corrected chi connectivity index (χ4v) is 2.26. The molecule has 3 aromatic rings. The van der Waals surface area contributed by atoms with Crippen molar-refractivity contribution in [3.05, 3.63) is 36.8 Å². The molecule has 3 rings (SSSR count). The van der Waals surface area contributed by atoms with Crippen LogP contribution in [0.1, 0.15) is 19.9 Å². The molecule has 0 aliphatic heterocycles. The summed E-state index contributed by atoms with van der Waals surface area (Å²) in [5.74, 6) is 0. The Labute approximate surface area is 93.7 Å². The molecule has 80 valence electrons. The predicted molar refractivity (Wildman–Crippen MR) is 65.4 cm³/mol. The van der Waals surface area contributed by atoms with Crippen LogP contribution in [0.25, 0.3) is 21.9 Å². The predicted octanol–water partition coefficient (Wildman–Crippen LogP) is 3.17. The topological polar surface area (TPSA) is 30.7 Å². The van der Waals surface area contributed by atoms with Gasteiger partial charge in [0, 0.05) is 30.0 Å². The van der Waals surface area contributed by atoms with Crippen molar-refractivity contribution in [1.82, 2.24) is 14.5 Å². The van der Waals surface area contributed by atoms with E-state index < -0.39 is 0 Å². The van der Waals surface area contributed by atoms with E-state index in [1.807, 2.05) is 24.7 Å². The summed E-state index contributed by atoms with van der Waals surface area (Å²) in [5.41, 5.74) is 3.43. The van der Waals surface area contributed by atoms with Gasteiger partial charge in [0.25, 0.3) is 0 Å². The van der Waals surface area contributed by atoms with Gasteiger partial charge in [-0.3, -0.25) is 9.97 Å². The highest BCUT2D eigenvalue weighted by molar-refractivity contribution is 6.05. The molecule has 0 N–H and O–H groups in total. The summed E-state index contributed by atoms with van der Waals surface area (Å²) in [4.78, 5) is 8.63. The molecule has 0 aliphatic carbocycles. The molecule has 0 unspecified atom stereocenters. The van der Waals surface area contributed by atoms with Gasteiger partial charge in [-0.1, -0.05) is 0 Å². The van der Waals surface area contributed by atoms with Gasteiger partial charge in [0.05, 0.1) is 16.6 Å². The van der Waals surface area contributed by atoms with Gasteiger partial charge >= 0.3 is 0 Å². The van der Waals surface area contributed by atoms with Crippen LogP contribution in [0, 0.1) is 0 Å². The smallest absolute Gasteiger partial charge is 0.0975 e. The van der Waals surface area contributed by atoms with Crippen LogP contribution in [-0.2, 0) is 0 Å². The summed E-state index contributed by atoms with van der Waals surface area (Å²) in [6.45, 7) is 4.37. The third kappa shape index (κ3) is 1.14. The van der Waals surface area contributed by atoms with Gasteiger partial charge in [0.15, 0.2) is 0 Å². The highest BCUT2D eigenvalue weighted by Gasteiger charge is 2.12. The Morgan fingerprint density at radius 2 is 2.00 bits per heavy atom. The maximum absolute atomic E-state index is 4.45. The largest absolute Gasteiger partial charge is 0.337 e. The third-order valence-corrected chi connectivity index (χ3v) is 2.88. The van der Waals surface area contributed by atoms with Gasteiger partial charge in [-0.2, -0.15) is 0 Å². The van der Waals surface area contributed by atoms with Crippen LogP contribution in [0.2, 0.25) is 0 Å². The maximum Gasteiger partial charge on any atom is 0.0975 e. The van der Waals surface area contributed by atoms with Crippen LogP contribution in [0.3, 0.4) is 0 Å². The minimum absolute atomic E-state index is 0.423. The van der Waals surface area contributed by atoms with Crippen molar-refractivity contribution in [3.8, 4) is 0 Å². The van der Waals surface area contributed by atoms with E-state index in [9.17, 15) is 0 Å². The highest BCUT2D eigenvalue weighted by Crippen LogP contribution is 2.29. The molecule has 0 spiro atoms. The zero-order chi connectivity index (χ0) is 11.1. The van der Waals surface area contributed by atoms with Crippen molar-refractivity contribution in [3.63, 3.8) is 0 Å². The Kier molecular flexibility index (Phi) is 1.93. The summed E-state index contributed by atoms with van der Waals surface area (Å²) in [6, 6.07) is 6.57. The van der Waals surface area contributed by atoms with Gasteiger partial charge in [-0.25, -0.2) is 0 Å². The minimum atomic E-state index is 0.423. The monoisotopic (exact) mass is 211 g/mol. The molecule has 3 nitrogen and oxygen atoms in total. The first kappa shape index (κ1) is 9.33. The molecule has 0 bridgehead atoms. The number of aromatic nitrogens is 3. The quantitative estimate of drug-likeness (QED) is 0.619. The third-order valence-electron chi connectivity index (χ3n) is 2.88. The second-order valence-electron chi connectivity index (χ2n) is 4.23. The van der Waals surface area contributed by atoms with E-state index in [1.165, 1.54) is 11.0 Å². The Balaban J connectivity index is 2.59. The first-order chi connectivity index (χ1) is 7.79. The summed E-state index contributed by atoms with van der Waals surface area (Å²) in [7, 11) is 0. The van der Waals surface area contributed by atoms with Crippen LogP contribution in [0.4, 0.5) is 0 Å². The molecule has 0 amide bonds. The van der Waals surface area contributed by atoms with E-state index in [2.05, 4.69) is 40.5 Å². The second kappa shape index (κ2) is 3.30. The number of fused-ring (bicyclic) bond motifs is 3. The average molecular weight is 211 g/mol. The van der Waals surface area contributed by atoms with E-state index >= 15 is 0 Å². The molecular weight excluding hydrogens is 198 g/mol. The molecule has 0 aromatic carbocycles. The lowest BCUT2D eigenvalue weighted by Crippen LogP contribution is -1.99. The molecule has 0 fully saturated rings. The van der Waals surface area contributed by atoms with E-state index in [4.69, 9.17) is 0 Å². The molecule has 0 atom stereocenters. The lowest BCUT2D eigenvalue weighted by atomic mass is 10.3. The van der Waals surface area contributed by atoms with Crippen LogP contribution in [-0.4, -0.2) is 14.5 Å². The number of pyridine rings is 2. The fourth-order valence-electron chi connectivity index (χ4n) is 2.26. The molecule has 0 saturated heterocycles. The molecule has 0 aliphatic rings. The molecule has 0 saturated carbocycles. The number of hydrogen-bond donors (Lipinski definition) is 0. The first-order valence-corrected chi connectivity index (χ1v) is 5.47. The van der Waals surface area contributed by atoms with Gasteiger partial charge in [0.1, 0.15) is 0 Å². The van der Waals surface area contributed by atoms with Gasteiger partial charge in [-0.05, 0) is 32.0 Å². The Morgan fingerprint density at radius 1 is 1.12 bits per heavy atom. The van der Waals surface area contributed by atoms with Gasteiger partial charge in [-0.15, -0.1) is 0 Å². The van der Waals surface area contributed by atoms with Crippen molar-refractivity contribution in [2.75, 3.05) is 0 Å². The summed E-state index contributed by atoms with van der Waals surface area (Å²) >= 11 is 0. The fraction of sp³-hybridized carbons (Fsp3) is 0.231. The van der Waals surface area contributed by atoms with Crippen molar-refractivity contribution < 1.29 is 0 Å². The molecule has 16 heavy (non-hydrogen) atoms. The summed E-state index contributed by atoms with van der Waals surface area (Å²) < 4.78 is 2.30. The Bertz CT molecular complexity index is 599. The van der Waals surface area contributed by atoms with Crippen molar-refractivity contribution >= 4 is 21.9 Å². The highest BCUT2D eigenvalue weighted by atomic mass is 15.0. The van der Waals surface area contributed by atoms with Crippen molar-refractivity contribution in [2.45, 2.75) is 19.9 Å². The molecule has 0 radical (unpaired) electrons. The zero-order valence-corrected chi connectivity index (χ0v) is 9.38. The molecule has 3 heterocycles. The maximum atomic E-state index is 4.45. The average Bonchev–Trinajstić information content (AvgIpc) is 2.63. The summed E-state index contributed by atoms with van der Waals surface area (Å²) in [5, 5.41) is 1.13. The van der Waals surface area contributed by atoms with E-state index in [0.717, 1.165) is 10.9 Å². The Hall–Kier alpha value is -1.90. The van der Waals surface area contributed by atoms with Crippen LogP contribution in [0.15, 0.2) is 36.8 Å². The lowest BCUT2D eigenvalue weighted by molar-refractivity contribution is 0.642. The number of rotatable bonds is 1. The standard InChI is InChI=1S/C13H13N3/c1-9(2)16-11-5-7-14-8-10(11)13-12(16)4-3-6-15-13/h3-9H,1-2H3. The van der Waals surface area contributed by atoms with Gasteiger partial charge in [0.2, 0.25) is 0 Å². The first-order valence-electron chi connectivity index (χ1n) is 5.47. The van der Waals surface area contributed by atoms with E-state index in [1.54, 1.807) is 0 Å². The zero-order valence-electron chi connectivity index (χ0n) is 9.38. The minimum Gasteiger partial charge on any atom is -0.337 e. The molecule has 3 heteroatoms. The van der Waals surface area contributed by atoms with Crippen LogP contribution < -0.4 is 0 Å². The Morgan fingerprint density at radius 3 is 2.81 bits per heavy atom.